The fourth-order valence-corrected chi connectivity index (χ4v) is 1.82. The van der Waals surface area contributed by atoms with E-state index in [0.717, 1.165) is 16.9 Å². The van der Waals surface area contributed by atoms with E-state index in [0.29, 0.717) is 11.3 Å². The molecule has 0 unspecified atom stereocenters. The van der Waals surface area contributed by atoms with Gasteiger partial charge in [-0.3, -0.25) is 0 Å². The first kappa shape index (κ1) is 12.2. The standard InChI is InChI=1S/C13H13NO4/c1-7-6-9(4-5-10(7)17-3)12-8(2)11(13(15)16)14-18-12/h4-6H,1-3H3,(H,15,16). The van der Waals surface area contributed by atoms with Gasteiger partial charge in [0.1, 0.15) is 5.75 Å². The third-order valence-corrected chi connectivity index (χ3v) is 2.78. The maximum absolute atomic E-state index is 10.9. The fourth-order valence-electron chi connectivity index (χ4n) is 1.82. The van der Waals surface area contributed by atoms with Crippen LogP contribution < -0.4 is 4.74 Å². The molecule has 0 aliphatic carbocycles. The first-order chi connectivity index (χ1) is 8.54. The van der Waals surface area contributed by atoms with Gasteiger partial charge in [0, 0.05) is 11.1 Å². The van der Waals surface area contributed by atoms with Crippen LogP contribution in [0.1, 0.15) is 21.6 Å². The molecule has 0 aliphatic heterocycles. The van der Waals surface area contributed by atoms with E-state index in [1.807, 2.05) is 25.1 Å². The van der Waals surface area contributed by atoms with E-state index in [9.17, 15) is 4.79 Å². The minimum atomic E-state index is -1.09. The predicted octanol–water partition coefficient (Wildman–Crippen LogP) is 2.67. The zero-order valence-electron chi connectivity index (χ0n) is 10.4. The summed E-state index contributed by atoms with van der Waals surface area (Å²) in [7, 11) is 1.60. The van der Waals surface area contributed by atoms with Gasteiger partial charge in [0.25, 0.3) is 0 Å². The summed E-state index contributed by atoms with van der Waals surface area (Å²) in [5.41, 5.74) is 2.19. The molecule has 0 saturated heterocycles. The molecule has 0 saturated carbocycles. The molecule has 1 N–H and O–H groups in total. The van der Waals surface area contributed by atoms with Gasteiger partial charge in [-0.2, -0.15) is 0 Å². The smallest absolute Gasteiger partial charge is 0.358 e. The van der Waals surface area contributed by atoms with E-state index in [1.54, 1.807) is 14.0 Å². The van der Waals surface area contributed by atoms with Gasteiger partial charge in [0.15, 0.2) is 11.5 Å². The van der Waals surface area contributed by atoms with Crippen LogP contribution in [0.5, 0.6) is 5.75 Å². The van der Waals surface area contributed by atoms with Crippen LogP contribution in [0.3, 0.4) is 0 Å². The second-order valence-electron chi connectivity index (χ2n) is 3.97. The number of ether oxygens (including phenoxy) is 1. The molecular formula is C13H13NO4. The highest BCUT2D eigenvalue weighted by atomic mass is 16.5. The molecule has 2 rings (SSSR count). The first-order valence-corrected chi connectivity index (χ1v) is 5.39. The minimum Gasteiger partial charge on any atom is -0.496 e. The van der Waals surface area contributed by atoms with Crippen molar-refractivity contribution < 1.29 is 19.2 Å². The zero-order valence-corrected chi connectivity index (χ0v) is 10.4. The normalized spacial score (nSPS) is 10.4. The number of hydrogen-bond acceptors (Lipinski definition) is 4. The van der Waals surface area contributed by atoms with Gasteiger partial charge < -0.3 is 14.4 Å². The summed E-state index contributed by atoms with van der Waals surface area (Å²) in [6.07, 6.45) is 0. The number of methoxy groups -OCH3 is 1. The van der Waals surface area contributed by atoms with Gasteiger partial charge in [-0.15, -0.1) is 0 Å². The van der Waals surface area contributed by atoms with E-state index in [4.69, 9.17) is 14.4 Å². The second kappa shape index (κ2) is 4.52. The molecular weight excluding hydrogens is 234 g/mol. The lowest BCUT2D eigenvalue weighted by Gasteiger charge is -2.05. The number of carboxylic acid groups (broad SMARTS) is 1. The molecule has 1 aromatic heterocycles. The number of carbonyl (C=O) groups is 1. The average molecular weight is 247 g/mol. The Kier molecular flexibility index (Phi) is 3.06. The van der Waals surface area contributed by atoms with Crippen LogP contribution in [0.2, 0.25) is 0 Å². The number of carboxylic acids is 1. The highest BCUT2D eigenvalue weighted by Crippen LogP contribution is 2.29. The van der Waals surface area contributed by atoms with E-state index in [1.165, 1.54) is 0 Å². The van der Waals surface area contributed by atoms with Gasteiger partial charge in [0.05, 0.1) is 7.11 Å². The summed E-state index contributed by atoms with van der Waals surface area (Å²) in [6, 6.07) is 5.50. The highest BCUT2D eigenvalue weighted by Gasteiger charge is 2.19. The van der Waals surface area contributed by atoms with Gasteiger partial charge in [0.2, 0.25) is 0 Å². The Labute approximate surface area is 104 Å². The Balaban J connectivity index is 2.49. The monoisotopic (exact) mass is 247 g/mol. The second-order valence-corrected chi connectivity index (χ2v) is 3.97. The minimum absolute atomic E-state index is 0.0570. The van der Waals surface area contributed by atoms with Gasteiger partial charge in [-0.25, -0.2) is 4.79 Å². The molecule has 5 heteroatoms. The number of hydrogen-bond donors (Lipinski definition) is 1. The van der Waals surface area contributed by atoms with Gasteiger partial charge in [-0.1, -0.05) is 5.16 Å². The number of aryl methyl sites for hydroxylation is 1. The van der Waals surface area contributed by atoms with Crippen LogP contribution in [-0.2, 0) is 0 Å². The maximum Gasteiger partial charge on any atom is 0.358 e. The SMILES string of the molecule is COc1ccc(-c2onc(C(=O)O)c2C)cc1C. The fraction of sp³-hybridized carbons (Fsp3) is 0.231. The zero-order chi connectivity index (χ0) is 13.3. The Hall–Kier alpha value is -2.30. The molecule has 1 aromatic carbocycles. The average Bonchev–Trinajstić information content (AvgIpc) is 2.71. The lowest BCUT2D eigenvalue weighted by atomic mass is 10.0. The van der Waals surface area contributed by atoms with Crippen LogP contribution in [-0.4, -0.2) is 23.3 Å². The van der Waals surface area contributed by atoms with Crippen molar-refractivity contribution in [3.8, 4) is 17.1 Å². The van der Waals surface area contributed by atoms with Crippen molar-refractivity contribution in [2.75, 3.05) is 7.11 Å². The molecule has 0 radical (unpaired) electrons. The molecule has 18 heavy (non-hydrogen) atoms. The van der Waals surface area contributed by atoms with Gasteiger partial charge >= 0.3 is 5.97 Å². The number of rotatable bonds is 3. The quantitative estimate of drug-likeness (QED) is 0.902. The lowest BCUT2D eigenvalue weighted by Crippen LogP contribution is -1.98. The van der Waals surface area contributed by atoms with Crippen LogP contribution in [0, 0.1) is 13.8 Å². The summed E-state index contributed by atoms with van der Waals surface area (Å²) >= 11 is 0. The van der Waals surface area contributed by atoms with Crippen LogP contribution in [0.4, 0.5) is 0 Å². The molecule has 0 bridgehead atoms. The van der Waals surface area contributed by atoms with Crippen molar-refractivity contribution >= 4 is 5.97 Å². The summed E-state index contributed by atoms with van der Waals surface area (Å²) < 4.78 is 10.3. The van der Waals surface area contributed by atoms with E-state index >= 15 is 0 Å². The van der Waals surface area contributed by atoms with Crippen molar-refractivity contribution in [3.05, 3.63) is 35.0 Å². The summed E-state index contributed by atoms with van der Waals surface area (Å²) in [6.45, 7) is 3.58. The Morgan fingerprint density at radius 1 is 1.39 bits per heavy atom. The van der Waals surface area contributed by atoms with Crippen molar-refractivity contribution in [1.29, 1.82) is 0 Å². The predicted molar refractivity (Wildman–Crippen MR) is 64.9 cm³/mol. The number of aromatic carboxylic acids is 1. The topological polar surface area (TPSA) is 72.6 Å². The number of nitrogens with zero attached hydrogens (tertiary/aromatic N) is 1. The molecule has 0 aliphatic rings. The third-order valence-electron chi connectivity index (χ3n) is 2.78. The number of benzene rings is 1. The largest absolute Gasteiger partial charge is 0.496 e. The third kappa shape index (κ3) is 1.95. The van der Waals surface area contributed by atoms with E-state index in [2.05, 4.69) is 5.16 Å². The molecule has 0 amide bonds. The van der Waals surface area contributed by atoms with Crippen LogP contribution in [0.15, 0.2) is 22.7 Å². The highest BCUT2D eigenvalue weighted by molar-refractivity contribution is 5.89. The van der Waals surface area contributed by atoms with Crippen molar-refractivity contribution in [1.82, 2.24) is 5.16 Å². The van der Waals surface area contributed by atoms with E-state index < -0.39 is 5.97 Å². The molecule has 0 spiro atoms. The summed E-state index contributed by atoms with van der Waals surface area (Å²) in [4.78, 5) is 10.9. The molecule has 5 nitrogen and oxygen atoms in total. The molecule has 0 atom stereocenters. The Morgan fingerprint density at radius 2 is 2.11 bits per heavy atom. The van der Waals surface area contributed by atoms with Crippen molar-refractivity contribution in [2.45, 2.75) is 13.8 Å². The lowest BCUT2D eigenvalue weighted by molar-refractivity contribution is 0.0685. The van der Waals surface area contributed by atoms with Crippen molar-refractivity contribution in [3.63, 3.8) is 0 Å². The van der Waals surface area contributed by atoms with Crippen molar-refractivity contribution in [2.24, 2.45) is 0 Å². The molecule has 2 aromatic rings. The van der Waals surface area contributed by atoms with Crippen LogP contribution >= 0.6 is 0 Å². The molecule has 94 valence electrons. The van der Waals surface area contributed by atoms with Gasteiger partial charge in [-0.05, 0) is 37.6 Å². The Bertz CT molecular complexity index is 601. The number of aromatic nitrogens is 1. The summed E-state index contributed by atoms with van der Waals surface area (Å²) in [5, 5.41) is 12.5. The van der Waals surface area contributed by atoms with E-state index in [-0.39, 0.29) is 5.69 Å². The molecule has 1 heterocycles. The maximum atomic E-state index is 10.9. The summed E-state index contributed by atoms with van der Waals surface area (Å²) in [5.74, 6) is 0.153. The first-order valence-electron chi connectivity index (χ1n) is 5.39. The molecule has 0 fully saturated rings. The van der Waals surface area contributed by atoms with Crippen LogP contribution in [0.25, 0.3) is 11.3 Å². The Morgan fingerprint density at radius 3 is 2.61 bits per heavy atom.